The maximum atomic E-state index is 9.59. The van der Waals surface area contributed by atoms with Crippen LogP contribution in [0.25, 0.3) is 11.3 Å². The normalized spacial score (nSPS) is 22.9. The van der Waals surface area contributed by atoms with Gasteiger partial charge in [0.2, 0.25) is 0 Å². The van der Waals surface area contributed by atoms with Crippen molar-refractivity contribution in [3.05, 3.63) is 40.3 Å². The van der Waals surface area contributed by atoms with E-state index in [1.807, 2.05) is 6.20 Å². The van der Waals surface area contributed by atoms with Gasteiger partial charge in [-0.15, -0.1) is 0 Å². The van der Waals surface area contributed by atoms with E-state index < -0.39 is 0 Å². The highest BCUT2D eigenvalue weighted by molar-refractivity contribution is 9.10. The van der Waals surface area contributed by atoms with Crippen LogP contribution in [0.5, 0.6) is 0 Å². The number of hydrogen-bond acceptors (Lipinski definition) is 2. The Kier molecular flexibility index (Phi) is 3.94. The van der Waals surface area contributed by atoms with E-state index in [0.29, 0.717) is 5.92 Å². The summed E-state index contributed by atoms with van der Waals surface area (Å²) >= 11 is 3.52. The minimum Gasteiger partial charge on any atom is -0.393 e. The quantitative estimate of drug-likeness (QED) is 0.865. The monoisotopic (exact) mass is 334 g/mol. The second kappa shape index (κ2) is 5.70. The summed E-state index contributed by atoms with van der Waals surface area (Å²) in [5.41, 5.74) is 3.50. The fourth-order valence-electron chi connectivity index (χ4n) is 2.91. The number of aryl methyl sites for hydroxylation is 1. The molecule has 106 valence electrons. The number of benzene rings is 1. The number of aromatic amines is 1. The van der Waals surface area contributed by atoms with Crippen molar-refractivity contribution >= 4 is 15.9 Å². The van der Waals surface area contributed by atoms with Crippen LogP contribution < -0.4 is 0 Å². The molecule has 0 spiro atoms. The minimum atomic E-state index is -0.118. The Hall–Kier alpha value is -1.13. The Labute approximate surface area is 127 Å². The van der Waals surface area contributed by atoms with Crippen molar-refractivity contribution in [2.45, 2.75) is 44.6 Å². The van der Waals surface area contributed by atoms with E-state index in [1.54, 1.807) is 0 Å². The van der Waals surface area contributed by atoms with Crippen molar-refractivity contribution in [3.63, 3.8) is 0 Å². The summed E-state index contributed by atoms with van der Waals surface area (Å²) in [6, 6.07) is 6.28. The van der Waals surface area contributed by atoms with Gasteiger partial charge in [-0.3, -0.25) is 0 Å². The second-order valence-corrected chi connectivity index (χ2v) is 6.56. The number of rotatable bonds is 2. The molecule has 2 aromatic rings. The van der Waals surface area contributed by atoms with Crippen molar-refractivity contribution in [2.24, 2.45) is 0 Å². The molecule has 0 unspecified atom stereocenters. The van der Waals surface area contributed by atoms with Gasteiger partial charge in [0.25, 0.3) is 0 Å². The summed E-state index contributed by atoms with van der Waals surface area (Å²) in [4.78, 5) is 8.03. The van der Waals surface area contributed by atoms with Crippen molar-refractivity contribution in [1.82, 2.24) is 9.97 Å². The number of nitrogens with zero attached hydrogens (tertiary/aromatic N) is 1. The third kappa shape index (κ3) is 2.81. The van der Waals surface area contributed by atoms with Crippen LogP contribution in [0, 0.1) is 6.92 Å². The maximum Gasteiger partial charge on any atom is 0.109 e. The third-order valence-electron chi connectivity index (χ3n) is 4.17. The molecular formula is C16H19BrN2O. The first kappa shape index (κ1) is 13.8. The summed E-state index contributed by atoms with van der Waals surface area (Å²) in [5, 5.41) is 9.59. The van der Waals surface area contributed by atoms with E-state index in [4.69, 9.17) is 0 Å². The molecule has 0 atom stereocenters. The predicted octanol–water partition coefficient (Wildman–Crippen LogP) is 4.17. The number of halogens is 1. The molecule has 3 nitrogen and oxygen atoms in total. The molecule has 20 heavy (non-hydrogen) atoms. The molecule has 0 amide bonds. The molecule has 1 heterocycles. The van der Waals surface area contributed by atoms with E-state index in [0.717, 1.165) is 41.7 Å². The van der Waals surface area contributed by atoms with Crippen LogP contribution in [-0.2, 0) is 0 Å². The van der Waals surface area contributed by atoms with Crippen LogP contribution in [-0.4, -0.2) is 21.2 Å². The Balaban J connectivity index is 1.85. The van der Waals surface area contributed by atoms with Gasteiger partial charge in [-0.05, 0) is 50.3 Å². The first-order valence-electron chi connectivity index (χ1n) is 7.13. The number of hydrogen-bond donors (Lipinski definition) is 2. The number of imidazole rings is 1. The number of nitrogens with one attached hydrogen (secondary N) is 1. The Morgan fingerprint density at radius 3 is 2.75 bits per heavy atom. The average Bonchev–Trinajstić information content (AvgIpc) is 2.92. The molecule has 0 saturated heterocycles. The fraction of sp³-hybridized carbons (Fsp3) is 0.438. The van der Waals surface area contributed by atoms with E-state index in [1.165, 1.54) is 11.1 Å². The first-order valence-corrected chi connectivity index (χ1v) is 7.92. The summed E-state index contributed by atoms with van der Waals surface area (Å²) in [6.45, 7) is 2.11. The smallest absolute Gasteiger partial charge is 0.109 e. The summed E-state index contributed by atoms with van der Waals surface area (Å²) in [5.74, 6) is 1.52. The Morgan fingerprint density at radius 2 is 2.00 bits per heavy atom. The number of aromatic nitrogens is 2. The average molecular weight is 335 g/mol. The van der Waals surface area contributed by atoms with Crippen LogP contribution in [0.2, 0.25) is 0 Å². The lowest BCUT2D eigenvalue weighted by Crippen LogP contribution is -2.17. The highest BCUT2D eigenvalue weighted by Crippen LogP contribution is 2.33. The molecule has 4 heteroatoms. The predicted molar refractivity (Wildman–Crippen MR) is 83.7 cm³/mol. The lowest BCUT2D eigenvalue weighted by Gasteiger charge is -2.23. The maximum absolute atomic E-state index is 9.59. The second-order valence-electron chi connectivity index (χ2n) is 5.65. The molecule has 2 N–H and O–H groups in total. The molecule has 1 saturated carbocycles. The van der Waals surface area contributed by atoms with Crippen LogP contribution in [0.3, 0.4) is 0 Å². The molecular weight excluding hydrogens is 316 g/mol. The third-order valence-corrected chi connectivity index (χ3v) is 4.66. The lowest BCUT2D eigenvalue weighted by molar-refractivity contribution is 0.121. The molecule has 1 aliphatic rings. The number of H-pyrrole nitrogens is 1. The molecule has 1 aliphatic carbocycles. The summed E-state index contributed by atoms with van der Waals surface area (Å²) in [7, 11) is 0. The zero-order valence-corrected chi connectivity index (χ0v) is 13.2. The molecule has 1 aromatic carbocycles. The van der Waals surface area contributed by atoms with Gasteiger partial charge in [-0.1, -0.05) is 22.0 Å². The molecule has 0 bridgehead atoms. The zero-order valence-electron chi connectivity index (χ0n) is 11.6. The van der Waals surface area contributed by atoms with Crippen LogP contribution in [0.1, 0.15) is 43.0 Å². The van der Waals surface area contributed by atoms with Gasteiger partial charge in [-0.2, -0.15) is 0 Å². The highest BCUT2D eigenvalue weighted by atomic mass is 79.9. The van der Waals surface area contributed by atoms with Crippen LogP contribution in [0.15, 0.2) is 28.9 Å². The first-order chi connectivity index (χ1) is 9.63. The molecule has 0 aliphatic heterocycles. The topological polar surface area (TPSA) is 48.9 Å². The molecule has 1 fully saturated rings. The van der Waals surface area contributed by atoms with Gasteiger partial charge in [0.1, 0.15) is 5.82 Å². The largest absolute Gasteiger partial charge is 0.393 e. The van der Waals surface area contributed by atoms with Gasteiger partial charge in [0, 0.05) is 16.0 Å². The van der Waals surface area contributed by atoms with Gasteiger partial charge < -0.3 is 10.1 Å². The van der Waals surface area contributed by atoms with Crippen molar-refractivity contribution in [1.29, 1.82) is 0 Å². The molecule has 0 radical (unpaired) electrons. The summed E-state index contributed by atoms with van der Waals surface area (Å²) in [6.07, 6.45) is 5.62. The lowest BCUT2D eigenvalue weighted by atomic mass is 9.87. The Bertz CT molecular complexity index is 600. The van der Waals surface area contributed by atoms with Crippen molar-refractivity contribution < 1.29 is 5.11 Å². The SMILES string of the molecule is Cc1ccc(Br)cc1-c1cnc(C2CCC(O)CC2)[nH]1. The number of aliphatic hydroxyl groups excluding tert-OH is 1. The van der Waals surface area contributed by atoms with Crippen molar-refractivity contribution in [2.75, 3.05) is 0 Å². The molecule has 1 aromatic heterocycles. The fourth-order valence-corrected chi connectivity index (χ4v) is 3.28. The van der Waals surface area contributed by atoms with E-state index in [2.05, 4.69) is 51.0 Å². The van der Waals surface area contributed by atoms with E-state index in [9.17, 15) is 5.11 Å². The minimum absolute atomic E-state index is 0.118. The van der Waals surface area contributed by atoms with E-state index in [-0.39, 0.29) is 6.10 Å². The summed E-state index contributed by atoms with van der Waals surface area (Å²) < 4.78 is 1.08. The molecule has 3 rings (SSSR count). The highest BCUT2D eigenvalue weighted by Gasteiger charge is 2.23. The van der Waals surface area contributed by atoms with E-state index >= 15 is 0 Å². The van der Waals surface area contributed by atoms with Gasteiger partial charge in [0.05, 0.1) is 18.0 Å². The zero-order chi connectivity index (χ0) is 14.1. The Morgan fingerprint density at radius 1 is 1.25 bits per heavy atom. The van der Waals surface area contributed by atoms with Gasteiger partial charge in [0.15, 0.2) is 0 Å². The van der Waals surface area contributed by atoms with Crippen molar-refractivity contribution in [3.8, 4) is 11.3 Å². The standard InChI is InChI=1S/C16H19BrN2O/c1-10-2-5-12(17)8-14(10)15-9-18-16(19-15)11-3-6-13(20)7-4-11/h2,5,8-9,11,13,20H,3-4,6-7H2,1H3,(H,18,19). The van der Waals surface area contributed by atoms with Gasteiger partial charge in [-0.25, -0.2) is 4.98 Å². The number of aliphatic hydroxyl groups is 1. The van der Waals surface area contributed by atoms with Crippen LogP contribution in [0.4, 0.5) is 0 Å². The van der Waals surface area contributed by atoms with Crippen LogP contribution >= 0.6 is 15.9 Å². The van der Waals surface area contributed by atoms with Gasteiger partial charge >= 0.3 is 0 Å².